The van der Waals surface area contributed by atoms with Crippen LogP contribution in [0.3, 0.4) is 0 Å². The average molecular weight is 285 g/mol. The zero-order chi connectivity index (χ0) is 14.6. The van der Waals surface area contributed by atoms with Crippen molar-refractivity contribution in [3.05, 3.63) is 12.2 Å². The fourth-order valence-corrected chi connectivity index (χ4v) is 1.76. The van der Waals surface area contributed by atoms with Gasteiger partial charge in [-0.15, -0.1) is 0 Å². The van der Waals surface area contributed by atoms with E-state index in [-0.39, 0.29) is 6.54 Å². The smallest absolute Gasteiger partial charge is 0.330 e. The Labute approximate surface area is 117 Å². The van der Waals surface area contributed by atoms with E-state index in [9.17, 15) is 9.90 Å². The molecule has 0 fully saturated rings. The Morgan fingerprint density at radius 2 is 2.26 bits per heavy atom. The van der Waals surface area contributed by atoms with Crippen LogP contribution >= 0.6 is 12.2 Å². The van der Waals surface area contributed by atoms with E-state index >= 15 is 0 Å². The standard InChI is InChI=1S/C12H18N2O4S/c1-12(2,3)18-11(17)13-7-9(19)14-6-4-5-8(14)10(15)16/h4-5,8H,6-7H2,1-3H3,(H,13,17)(H,15,16)/p-1. The summed E-state index contributed by atoms with van der Waals surface area (Å²) in [6.45, 7) is 5.59. The second kappa shape index (κ2) is 6.01. The minimum Gasteiger partial charge on any atom is -0.595 e. The number of carboxylic acids is 1. The number of hydrogen-bond acceptors (Lipinski definition) is 5. The van der Waals surface area contributed by atoms with Crippen molar-refractivity contribution in [2.24, 2.45) is 4.99 Å². The van der Waals surface area contributed by atoms with E-state index in [4.69, 9.17) is 22.1 Å². The lowest BCUT2D eigenvalue weighted by Crippen LogP contribution is -2.41. The molecule has 0 saturated heterocycles. The molecule has 0 spiro atoms. The number of aliphatic imine (C=N–C) groups is 1. The van der Waals surface area contributed by atoms with Gasteiger partial charge in [0.25, 0.3) is 0 Å². The number of ether oxygens (including phenoxy) is 1. The molecule has 1 atom stereocenters. The van der Waals surface area contributed by atoms with Crippen LogP contribution in [0.5, 0.6) is 0 Å². The summed E-state index contributed by atoms with van der Waals surface area (Å²) in [6, 6.07) is -0.777. The fraction of sp³-hybridized carbons (Fsp3) is 0.583. The number of carbonyl (C=O) groups is 1. The molecule has 0 aromatic rings. The molecule has 0 radical (unpaired) electrons. The third-order valence-corrected chi connectivity index (χ3v) is 2.63. The van der Waals surface area contributed by atoms with Crippen molar-refractivity contribution in [2.45, 2.75) is 32.4 Å². The Morgan fingerprint density at radius 1 is 1.63 bits per heavy atom. The van der Waals surface area contributed by atoms with Gasteiger partial charge < -0.3 is 19.8 Å². The van der Waals surface area contributed by atoms with E-state index in [0.29, 0.717) is 11.5 Å². The summed E-state index contributed by atoms with van der Waals surface area (Å²) in [5.74, 6) is -0.978. The van der Waals surface area contributed by atoms with Crippen LogP contribution in [0.1, 0.15) is 20.8 Å². The highest BCUT2D eigenvalue weighted by atomic mass is 32.1. The first-order chi connectivity index (χ1) is 8.70. The summed E-state index contributed by atoms with van der Waals surface area (Å²) in [6.07, 6.45) is 2.58. The van der Waals surface area contributed by atoms with Crippen molar-refractivity contribution in [3.63, 3.8) is 0 Å². The van der Waals surface area contributed by atoms with Gasteiger partial charge in [0, 0.05) is 12.1 Å². The number of thiocarbonyl (C=S) groups is 1. The second-order valence-corrected chi connectivity index (χ2v) is 5.53. The molecular weight excluding hydrogens is 268 g/mol. The van der Waals surface area contributed by atoms with Gasteiger partial charge >= 0.3 is 5.97 Å². The molecule has 6 nitrogen and oxygen atoms in total. The summed E-state index contributed by atoms with van der Waals surface area (Å²) in [5.41, 5.74) is -0.610. The quantitative estimate of drug-likeness (QED) is 0.344. The molecule has 0 bridgehead atoms. The third kappa shape index (κ3) is 4.86. The van der Waals surface area contributed by atoms with Gasteiger partial charge in [-0.25, -0.2) is 4.79 Å². The zero-order valence-corrected chi connectivity index (χ0v) is 11.9. The lowest BCUT2D eigenvalue weighted by Gasteiger charge is -2.30. The van der Waals surface area contributed by atoms with Gasteiger partial charge in [0.2, 0.25) is 0 Å². The Hall–Kier alpha value is -1.63. The van der Waals surface area contributed by atoms with Gasteiger partial charge in [0.1, 0.15) is 17.1 Å². The van der Waals surface area contributed by atoms with Crippen molar-refractivity contribution >= 4 is 29.3 Å². The minimum atomic E-state index is -0.978. The van der Waals surface area contributed by atoms with Gasteiger partial charge in [-0.05, 0) is 0 Å². The summed E-state index contributed by atoms with van der Waals surface area (Å²) in [4.78, 5) is 16.5. The van der Waals surface area contributed by atoms with Crippen molar-refractivity contribution in [1.29, 1.82) is 0 Å². The third-order valence-electron chi connectivity index (χ3n) is 2.27. The van der Waals surface area contributed by atoms with Gasteiger partial charge in [0.05, 0.1) is 6.54 Å². The highest BCUT2D eigenvalue weighted by molar-refractivity contribution is 7.80. The highest BCUT2D eigenvalue weighted by Crippen LogP contribution is 2.11. The molecule has 0 aliphatic carbocycles. The van der Waals surface area contributed by atoms with E-state index in [0.717, 1.165) is 0 Å². The summed E-state index contributed by atoms with van der Waals surface area (Å²) < 4.78 is 5.01. The van der Waals surface area contributed by atoms with Gasteiger partial charge in [-0.3, -0.25) is 4.99 Å². The predicted molar refractivity (Wildman–Crippen MR) is 73.0 cm³/mol. The lowest BCUT2D eigenvalue weighted by molar-refractivity contribution is -0.260. The van der Waals surface area contributed by atoms with Gasteiger partial charge in [-0.1, -0.05) is 45.1 Å². The minimum absolute atomic E-state index is 0.0459. The molecule has 106 valence electrons. The maximum absolute atomic E-state index is 11.4. The molecule has 0 aromatic heterocycles. The molecule has 0 aromatic carbocycles. The van der Waals surface area contributed by atoms with E-state index in [2.05, 4.69) is 4.99 Å². The van der Waals surface area contributed by atoms with Gasteiger partial charge in [0.15, 0.2) is 0 Å². The van der Waals surface area contributed by atoms with Crippen LogP contribution < -0.4 is 5.11 Å². The highest BCUT2D eigenvalue weighted by Gasteiger charge is 2.27. The molecule has 19 heavy (non-hydrogen) atoms. The normalized spacial score (nSPS) is 19.6. The SMILES string of the molecule is CC(C)(C)OC([O-])=NCC(=S)N1CC=CC1C(=O)O. The number of carboxylic acid groups (broad SMARTS) is 1. The first-order valence-electron chi connectivity index (χ1n) is 5.80. The Morgan fingerprint density at radius 3 is 2.79 bits per heavy atom. The molecular formula is C12H17N2O4S-. The lowest BCUT2D eigenvalue weighted by atomic mass is 10.2. The Balaban J connectivity index is 2.56. The summed E-state index contributed by atoms with van der Waals surface area (Å²) in [5, 5.41) is 20.4. The molecule has 1 aliphatic heterocycles. The molecule has 7 heteroatoms. The first kappa shape index (κ1) is 15.4. The largest absolute Gasteiger partial charge is 0.595 e. The van der Waals surface area contributed by atoms with E-state index < -0.39 is 23.7 Å². The molecule has 1 heterocycles. The van der Waals surface area contributed by atoms with Gasteiger partial charge in [-0.2, -0.15) is 0 Å². The van der Waals surface area contributed by atoms with Crippen molar-refractivity contribution in [3.8, 4) is 0 Å². The molecule has 0 saturated carbocycles. The maximum atomic E-state index is 11.4. The van der Waals surface area contributed by atoms with Crippen LogP contribution in [-0.4, -0.2) is 51.8 Å². The van der Waals surface area contributed by atoms with Crippen molar-refractivity contribution < 1.29 is 19.7 Å². The second-order valence-electron chi connectivity index (χ2n) is 5.05. The first-order valence-corrected chi connectivity index (χ1v) is 6.21. The van der Waals surface area contributed by atoms with Crippen LogP contribution in [0, 0.1) is 0 Å². The topological polar surface area (TPSA) is 85.2 Å². The van der Waals surface area contributed by atoms with Crippen LogP contribution in [0.2, 0.25) is 0 Å². The van der Waals surface area contributed by atoms with Crippen molar-refractivity contribution in [1.82, 2.24) is 4.90 Å². The Bertz CT molecular complexity index is 426. The number of nitrogens with zero attached hydrogens (tertiary/aromatic N) is 2. The zero-order valence-electron chi connectivity index (χ0n) is 11.1. The van der Waals surface area contributed by atoms with Crippen LogP contribution in [0.15, 0.2) is 17.1 Å². The molecule has 1 rings (SSSR count). The summed E-state index contributed by atoms with van der Waals surface area (Å²) >= 11 is 5.09. The number of aliphatic carboxylic acids is 1. The molecule has 0 amide bonds. The van der Waals surface area contributed by atoms with E-state index in [1.807, 2.05) is 0 Å². The van der Waals surface area contributed by atoms with Crippen LogP contribution in [0.25, 0.3) is 0 Å². The van der Waals surface area contributed by atoms with E-state index in [1.165, 1.54) is 4.90 Å². The van der Waals surface area contributed by atoms with Crippen LogP contribution in [0.4, 0.5) is 0 Å². The van der Waals surface area contributed by atoms with E-state index in [1.54, 1.807) is 32.9 Å². The molecule has 1 aliphatic rings. The molecule has 1 unspecified atom stereocenters. The number of hydrogen-bond donors (Lipinski definition) is 1. The fourth-order valence-electron chi connectivity index (χ4n) is 1.51. The maximum Gasteiger partial charge on any atom is 0.330 e. The van der Waals surface area contributed by atoms with Crippen LogP contribution in [-0.2, 0) is 9.53 Å². The monoisotopic (exact) mass is 285 g/mol. The molecule has 1 N–H and O–H groups in total. The Kier molecular flexibility index (Phi) is 4.88. The predicted octanol–water partition coefficient (Wildman–Crippen LogP) is 0.170. The average Bonchev–Trinajstić information content (AvgIpc) is 2.72. The van der Waals surface area contributed by atoms with Crippen molar-refractivity contribution in [2.75, 3.05) is 13.1 Å². The summed E-state index contributed by atoms with van der Waals surface area (Å²) in [7, 11) is 0. The number of rotatable bonds is 3.